The number of allylic oxidation sites excluding steroid dienone is 1. The summed E-state index contributed by atoms with van der Waals surface area (Å²) in [6.07, 6.45) is 11.1. The van der Waals surface area contributed by atoms with Gasteiger partial charge in [-0.15, -0.1) is 0 Å². The van der Waals surface area contributed by atoms with E-state index in [4.69, 9.17) is 23.7 Å². The van der Waals surface area contributed by atoms with E-state index >= 15 is 0 Å². The summed E-state index contributed by atoms with van der Waals surface area (Å²) >= 11 is 0. The van der Waals surface area contributed by atoms with Gasteiger partial charge in [0.2, 0.25) is 0 Å². The lowest BCUT2D eigenvalue weighted by Crippen LogP contribution is -2.58. The first-order valence-electron chi connectivity index (χ1n) is 11.1. The van der Waals surface area contributed by atoms with Gasteiger partial charge in [-0.25, -0.2) is 0 Å². The van der Waals surface area contributed by atoms with Crippen molar-refractivity contribution in [3.63, 3.8) is 0 Å². The van der Waals surface area contributed by atoms with Crippen LogP contribution in [0.1, 0.15) is 58.3 Å². The fraction of sp³-hybridized carbons (Fsp3) is 0.913. The zero-order chi connectivity index (χ0) is 19.6. The van der Waals surface area contributed by atoms with Gasteiger partial charge in [0.05, 0.1) is 12.2 Å². The smallest absolute Gasteiger partial charge is 0.168 e. The SMILES string of the molecule is COC[C@@]12CC[C@H]3[C@@H]4CCC5CC(OC)(OC)CC[C@]5(OCO1)C4=CC[C@@]32C. The van der Waals surface area contributed by atoms with Crippen molar-refractivity contribution in [1.82, 2.24) is 0 Å². The van der Waals surface area contributed by atoms with Gasteiger partial charge in [-0.3, -0.25) is 0 Å². The fourth-order valence-corrected chi connectivity index (χ4v) is 7.89. The van der Waals surface area contributed by atoms with Crippen molar-refractivity contribution in [2.45, 2.75) is 75.3 Å². The van der Waals surface area contributed by atoms with Crippen LogP contribution < -0.4 is 0 Å². The molecule has 3 saturated carbocycles. The van der Waals surface area contributed by atoms with E-state index < -0.39 is 5.79 Å². The van der Waals surface area contributed by atoms with E-state index in [2.05, 4.69) is 13.0 Å². The molecule has 6 rings (SSSR count). The summed E-state index contributed by atoms with van der Waals surface area (Å²) in [7, 11) is 5.35. The number of fused-ring (bicyclic) bond motifs is 3. The van der Waals surface area contributed by atoms with Crippen LogP contribution in [0.5, 0.6) is 0 Å². The van der Waals surface area contributed by atoms with E-state index in [1.165, 1.54) is 19.3 Å². The Morgan fingerprint density at radius 3 is 2.61 bits per heavy atom. The minimum Gasteiger partial charge on any atom is -0.382 e. The molecule has 4 fully saturated rings. The maximum absolute atomic E-state index is 6.75. The van der Waals surface area contributed by atoms with E-state index in [-0.39, 0.29) is 16.6 Å². The summed E-state index contributed by atoms with van der Waals surface area (Å²) in [4.78, 5) is 0. The first kappa shape index (κ1) is 19.5. The second-order valence-electron chi connectivity index (χ2n) is 10.1. The molecular weight excluding hydrogens is 356 g/mol. The molecule has 2 heterocycles. The Kier molecular flexibility index (Phi) is 4.54. The van der Waals surface area contributed by atoms with Crippen molar-refractivity contribution in [1.29, 1.82) is 0 Å². The van der Waals surface area contributed by atoms with Gasteiger partial charge in [0, 0.05) is 39.6 Å². The summed E-state index contributed by atoms with van der Waals surface area (Å²) < 4.78 is 30.7. The fourth-order valence-electron chi connectivity index (χ4n) is 7.89. The van der Waals surface area contributed by atoms with Gasteiger partial charge in [0.15, 0.2) is 5.79 Å². The Hall–Kier alpha value is -0.460. The Morgan fingerprint density at radius 1 is 1.04 bits per heavy atom. The van der Waals surface area contributed by atoms with Gasteiger partial charge in [-0.2, -0.15) is 0 Å². The first-order chi connectivity index (χ1) is 13.5. The minimum absolute atomic E-state index is 0.135. The molecule has 28 heavy (non-hydrogen) atoms. The maximum atomic E-state index is 6.75. The zero-order valence-electron chi connectivity index (χ0n) is 17.9. The van der Waals surface area contributed by atoms with Crippen molar-refractivity contribution in [3.05, 3.63) is 11.6 Å². The second-order valence-corrected chi connectivity index (χ2v) is 10.1. The van der Waals surface area contributed by atoms with Crippen molar-refractivity contribution >= 4 is 0 Å². The molecule has 4 aliphatic carbocycles. The molecule has 6 bridgehead atoms. The highest BCUT2D eigenvalue weighted by Gasteiger charge is 2.66. The van der Waals surface area contributed by atoms with Crippen molar-refractivity contribution in [2.75, 3.05) is 34.7 Å². The van der Waals surface area contributed by atoms with Crippen molar-refractivity contribution in [3.8, 4) is 0 Å². The van der Waals surface area contributed by atoms with E-state index in [1.54, 1.807) is 26.9 Å². The molecule has 6 atom stereocenters. The average molecular weight is 393 g/mol. The zero-order valence-corrected chi connectivity index (χ0v) is 17.9. The van der Waals surface area contributed by atoms with Crippen LogP contribution in [0.3, 0.4) is 0 Å². The highest BCUT2D eigenvalue weighted by atomic mass is 16.7. The number of hydrogen-bond donors (Lipinski definition) is 0. The lowest BCUT2D eigenvalue weighted by atomic mass is 9.51. The molecule has 0 aromatic heterocycles. The Balaban J connectivity index is 1.56. The summed E-state index contributed by atoms with van der Waals surface area (Å²) in [5.41, 5.74) is 1.28. The second kappa shape index (κ2) is 6.52. The molecule has 0 amide bonds. The van der Waals surface area contributed by atoms with Crippen LogP contribution in [0.2, 0.25) is 0 Å². The van der Waals surface area contributed by atoms with Gasteiger partial charge in [-0.1, -0.05) is 13.0 Å². The van der Waals surface area contributed by atoms with E-state index in [0.717, 1.165) is 32.1 Å². The Morgan fingerprint density at radius 2 is 1.86 bits per heavy atom. The van der Waals surface area contributed by atoms with Crippen LogP contribution in [0, 0.1) is 23.2 Å². The van der Waals surface area contributed by atoms with Crippen LogP contribution in [-0.4, -0.2) is 51.7 Å². The Labute approximate surface area is 169 Å². The van der Waals surface area contributed by atoms with E-state index in [1.807, 2.05) is 0 Å². The molecular formula is C23H36O5. The lowest BCUT2D eigenvalue weighted by molar-refractivity contribution is -0.280. The molecule has 0 radical (unpaired) electrons. The van der Waals surface area contributed by atoms with E-state index in [9.17, 15) is 0 Å². The van der Waals surface area contributed by atoms with Gasteiger partial charge < -0.3 is 23.7 Å². The summed E-state index contributed by atoms with van der Waals surface area (Å²) in [5.74, 6) is 1.24. The normalized spacial score (nSPS) is 49.0. The Bertz CT molecular complexity index is 657. The molecule has 5 nitrogen and oxygen atoms in total. The lowest BCUT2D eigenvalue weighted by Gasteiger charge is -2.58. The van der Waals surface area contributed by atoms with Crippen molar-refractivity contribution < 1.29 is 23.7 Å². The maximum Gasteiger partial charge on any atom is 0.168 e. The molecule has 2 aliphatic heterocycles. The third kappa shape index (κ3) is 2.31. The highest BCUT2D eigenvalue weighted by molar-refractivity contribution is 5.34. The molecule has 158 valence electrons. The van der Waals surface area contributed by atoms with Gasteiger partial charge in [0.25, 0.3) is 0 Å². The predicted molar refractivity (Wildman–Crippen MR) is 105 cm³/mol. The van der Waals surface area contributed by atoms with Crippen LogP contribution in [0.4, 0.5) is 0 Å². The quantitative estimate of drug-likeness (QED) is 0.533. The van der Waals surface area contributed by atoms with Crippen LogP contribution in [0.25, 0.3) is 0 Å². The minimum atomic E-state index is -0.467. The molecule has 6 aliphatic rings. The van der Waals surface area contributed by atoms with Crippen molar-refractivity contribution in [2.24, 2.45) is 23.2 Å². The van der Waals surface area contributed by atoms with Gasteiger partial charge >= 0.3 is 0 Å². The molecule has 1 saturated heterocycles. The highest BCUT2D eigenvalue weighted by Crippen LogP contribution is 2.67. The average Bonchev–Trinajstić information content (AvgIpc) is 3.02. The number of hydrogen-bond acceptors (Lipinski definition) is 5. The number of rotatable bonds is 4. The molecule has 0 aromatic carbocycles. The van der Waals surface area contributed by atoms with Gasteiger partial charge in [-0.05, 0) is 61.9 Å². The third-order valence-corrected chi connectivity index (χ3v) is 9.53. The third-order valence-electron chi connectivity index (χ3n) is 9.53. The molecule has 0 N–H and O–H groups in total. The predicted octanol–water partition coefficient (Wildman–Crippen LogP) is 4.06. The standard InChI is InChI=1S/C23H36O5/c1-20-9-7-19-17-6-5-16-13-22(25-3,26-4)11-12-23(16,19)28-15-27-21(20,14-24-2)10-8-18(17)20/h7,16-18H,5-6,8-15H2,1-4H3/t16?,17-,18-,20-,21+,23+/m0/s1. The largest absolute Gasteiger partial charge is 0.382 e. The summed E-state index contributed by atoms with van der Waals surface area (Å²) in [6.45, 7) is 3.47. The number of ether oxygens (including phenoxy) is 5. The summed E-state index contributed by atoms with van der Waals surface area (Å²) in [5, 5.41) is 0. The van der Waals surface area contributed by atoms with Crippen LogP contribution >= 0.6 is 0 Å². The topological polar surface area (TPSA) is 46.2 Å². The molecule has 1 spiro atoms. The molecule has 0 aromatic rings. The first-order valence-corrected chi connectivity index (χ1v) is 11.1. The number of methoxy groups -OCH3 is 3. The van der Waals surface area contributed by atoms with E-state index in [0.29, 0.717) is 31.2 Å². The molecule has 1 unspecified atom stereocenters. The summed E-state index contributed by atoms with van der Waals surface area (Å²) in [6, 6.07) is 0. The van der Waals surface area contributed by atoms with Crippen LogP contribution in [-0.2, 0) is 23.7 Å². The van der Waals surface area contributed by atoms with Gasteiger partial charge in [0.1, 0.15) is 12.4 Å². The van der Waals surface area contributed by atoms with Crippen LogP contribution in [0.15, 0.2) is 11.6 Å². The monoisotopic (exact) mass is 392 g/mol. The molecule has 5 heteroatoms.